The number of nitrogens with zero attached hydrogens (tertiary/aromatic N) is 1. The van der Waals surface area contributed by atoms with Crippen molar-refractivity contribution < 1.29 is 4.79 Å². The summed E-state index contributed by atoms with van der Waals surface area (Å²) in [5.41, 5.74) is 7.63. The van der Waals surface area contributed by atoms with Crippen LogP contribution in [0.25, 0.3) is 0 Å². The lowest BCUT2D eigenvalue weighted by Gasteiger charge is -2.22. The number of rotatable bonds is 6. The minimum atomic E-state index is -0.0181. The number of halogens is 1. The number of carbonyl (C=O) groups excluding carboxylic acids is 1. The van der Waals surface area contributed by atoms with Gasteiger partial charge in [0.25, 0.3) is 5.91 Å². The molecular weight excluding hydrogens is 304 g/mol. The van der Waals surface area contributed by atoms with E-state index in [1.807, 2.05) is 47.5 Å². The topological polar surface area (TPSA) is 46.3 Å². The van der Waals surface area contributed by atoms with Crippen LogP contribution in [0, 0.1) is 6.92 Å². The second-order valence-electron chi connectivity index (χ2n) is 4.92. The van der Waals surface area contributed by atoms with Crippen LogP contribution < -0.4 is 5.73 Å². The van der Waals surface area contributed by atoms with Crippen molar-refractivity contribution in [3.8, 4) is 0 Å². The van der Waals surface area contributed by atoms with E-state index in [2.05, 4.69) is 0 Å². The summed E-state index contributed by atoms with van der Waals surface area (Å²) in [6.45, 7) is 3.69. The summed E-state index contributed by atoms with van der Waals surface area (Å²) < 4.78 is 0. The normalized spacial score (nSPS) is 10.6. The molecule has 0 bridgehead atoms. The van der Waals surface area contributed by atoms with Gasteiger partial charge in [-0.2, -0.15) is 0 Å². The molecule has 0 atom stereocenters. The molecule has 3 nitrogen and oxygen atoms in total. The molecule has 0 aliphatic carbocycles. The lowest BCUT2D eigenvalue weighted by molar-refractivity contribution is 0.0747. The summed E-state index contributed by atoms with van der Waals surface area (Å²) in [7, 11) is 0. The maximum Gasteiger partial charge on any atom is 0.265 e. The van der Waals surface area contributed by atoms with Crippen molar-refractivity contribution in [2.24, 2.45) is 5.73 Å². The minimum Gasteiger partial charge on any atom is -0.334 e. The molecule has 1 aromatic heterocycles. The second kappa shape index (κ2) is 7.59. The number of benzene rings is 1. The van der Waals surface area contributed by atoms with Gasteiger partial charge in [0, 0.05) is 13.1 Å². The largest absolute Gasteiger partial charge is 0.334 e. The zero-order valence-electron chi connectivity index (χ0n) is 12.0. The van der Waals surface area contributed by atoms with E-state index in [4.69, 9.17) is 17.3 Å². The van der Waals surface area contributed by atoms with E-state index >= 15 is 0 Å². The molecule has 1 aromatic carbocycles. The van der Waals surface area contributed by atoms with E-state index in [9.17, 15) is 4.79 Å². The summed E-state index contributed by atoms with van der Waals surface area (Å²) in [4.78, 5) is 15.1. The van der Waals surface area contributed by atoms with Crippen LogP contribution in [0.5, 0.6) is 0 Å². The van der Waals surface area contributed by atoms with Crippen molar-refractivity contribution in [1.82, 2.24) is 4.90 Å². The molecule has 2 aromatic rings. The fourth-order valence-corrected chi connectivity index (χ4v) is 3.30. The molecule has 0 aliphatic heterocycles. The number of thiophene rings is 1. The summed E-state index contributed by atoms with van der Waals surface area (Å²) in [5.74, 6) is -0.0181. The fourth-order valence-electron chi connectivity index (χ4n) is 2.06. The van der Waals surface area contributed by atoms with Gasteiger partial charge in [-0.15, -0.1) is 11.3 Å². The highest BCUT2D eigenvalue weighted by molar-refractivity contribution is 7.13. The molecule has 0 radical (unpaired) electrons. The number of hydrogen-bond donors (Lipinski definition) is 1. The Balaban J connectivity index is 2.19. The Morgan fingerprint density at radius 2 is 2.05 bits per heavy atom. The Bertz CT molecular complexity index is 598. The molecule has 0 spiro atoms. The summed E-state index contributed by atoms with van der Waals surface area (Å²) in [6, 6.07) is 9.95. The summed E-state index contributed by atoms with van der Waals surface area (Å²) >= 11 is 7.63. The number of amides is 1. The van der Waals surface area contributed by atoms with Crippen LogP contribution in [0.1, 0.15) is 27.2 Å². The first-order valence-electron chi connectivity index (χ1n) is 6.90. The first kappa shape index (κ1) is 16.0. The van der Waals surface area contributed by atoms with Gasteiger partial charge in [-0.3, -0.25) is 4.79 Å². The molecule has 0 saturated heterocycles. The van der Waals surface area contributed by atoms with E-state index in [0.29, 0.717) is 29.5 Å². The van der Waals surface area contributed by atoms with Crippen LogP contribution in [-0.4, -0.2) is 23.9 Å². The first-order valence-corrected chi connectivity index (χ1v) is 8.16. The Hall–Kier alpha value is -1.36. The maximum absolute atomic E-state index is 12.7. The number of nitrogens with two attached hydrogens (primary N) is 1. The number of carbonyl (C=O) groups is 1. The molecule has 0 fully saturated rings. The lowest BCUT2D eigenvalue weighted by Crippen LogP contribution is -2.32. The molecule has 0 unspecified atom stereocenters. The molecule has 0 saturated carbocycles. The van der Waals surface area contributed by atoms with Crippen LogP contribution in [-0.2, 0) is 6.54 Å². The van der Waals surface area contributed by atoms with Gasteiger partial charge in [-0.05, 0) is 36.4 Å². The third kappa shape index (κ3) is 4.06. The van der Waals surface area contributed by atoms with Gasteiger partial charge in [0.15, 0.2) is 0 Å². The smallest absolute Gasteiger partial charge is 0.265 e. The molecule has 112 valence electrons. The van der Waals surface area contributed by atoms with Crippen LogP contribution >= 0.6 is 22.9 Å². The predicted molar refractivity (Wildman–Crippen MR) is 88.9 cm³/mol. The van der Waals surface area contributed by atoms with E-state index in [0.717, 1.165) is 17.5 Å². The molecule has 21 heavy (non-hydrogen) atoms. The van der Waals surface area contributed by atoms with Crippen molar-refractivity contribution in [1.29, 1.82) is 0 Å². The van der Waals surface area contributed by atoms with E-state index < -0.39 is 0 Å². The summed E-state index contributed by atoms with van der Waals surface area (Å²) in [6.07, 6.45) is 0.778. The van der Waals surface area contributed by atoms with E-state index in [-0.39, 0.29) is 5.91 Å². The average Bonchev–Trinajstić information content (AvgIpc) is 2.84. The molecule has 2 N–H and O–H groups in total. The van der Waals surface area contributed by atoms with Gasteiger partial charge in [0.05, 0.1) is 5.02 Å². The molecule has 2 rings (SSSR count). The van der Waals surface area contributed by atoms with E-state index in [1.165, 1.54) is 11.3 Å². The van der Waals surface area contributed by atoms with Crippen molar-refractivity contribution in [3.05, 3.63) is 56.7 Å². The molecule has 1 heterocycles. The number of aryl methyl sites for hydroxylation is 1. The Labute approximate surface area is 134 Å². The van der Waals surface area contributed by atoms with Crippen LogP contribution in [0.15, 0.2) is 35.7 Å². The standard InChI is InChI=1S/C16H19ClN2OS/c1-12-11-21-15(14(12)17)16(20)19(9-5-8-18)10-13-6-3-2-4-7-13/h2-4,6-7,11H,5,8-10,18H2,1H3. The fraction of sp³-hybridized carbons (Fsp3) is 0.312. The van der Waals surface area contributed by atoms with Gasteiger partial charge in [0.1, 0.15) is 4.88 Å². The quantitative estimate of drug-likeness (QED) is 0.881. The molecule has 0 aliphatic rings. The van der Waals surface area contributed by atoms with Crippen molar-refractivity contribution >= 4 is 28.8 Å². The maximum atomic E-state index is 12.7. The highest BCUT2D eigenvalue weighted by Crippen LogP contribution is 2.28. The Morgan fingerprint density at radius 1 is 1.33 bits per heavy atom. The van der Waals surface area contributed by atoms with Crippen LogP contribution in [0.4, 0.5) is 0 Å². The third-order valence-electron chi connectivity index (χ3n) is 3.23. The van der Waals surface area contributed by atoms with E-state index in [1.54, 1.807) is 0 Å². The van der Waals surface area contributed by atoms with Crippen molar-refractivity contribution in [3.63, 3.8) is 0 Å². The molecular formula is C16H19ClN2OS. The highest BCUT2D eigenvalue weighted by Gasteiger charge is 2.21. The van der Waals surface area contributed by atoms with Gasteiger partial charge in [0.2, 0.25) is 0 Å². The first-order chi connectivity index (χ1) is 10.1. The van der Waals surface area contributed by atoms with Crippen molar-refractivity contribution in [2.45, 2.75) is 19.9 Å². The third-order valence-corrected chi connectivity index (χ3v) is 4.91. The molecule has 1 amide bonds. The van der Waals surface area contributed by atoms with Gasteiger partial charge in [-0.1, -0.05) is 41.9 Å². The van der Waals surface area contributed by atoms with Gasteiger partial charge >= 0.3 is 0 Å². The monoisotopic (exact) mass is 322 g/mol. The average molecular weight is 323 g/mol. The van der Waals surface area contributed by atoms with Crippen LogP contribution in [0.2, 0.25) is 5.02 Å². The Kier molecular flexibility index (Phi) is 5.79. The number of hydrogen-bond acceptors (Lipinski definition) is 3. The second-order valence-corrected chi connectivity index (χ2v) is 6.17. The lowest BCUT2D eigenvalue weighted by atomic mass is 10.2. The van der Waals surface area contributed by atoms with Gasteiger partial charge < -0.3 is 10.6 Å². The minimum absolute atomic E-state index is 0.0181. The van der Waals surface area contributed by atoms with Crippen molar-refractivity contribution in [2.75, 3.05) is 13.1 Å². The zero-order valence-corrected chi connectivity index (χ0v) is 13.6. The van der Waals surface area contributed by atoms with Gasteiger partial charge in [-0.25, -0.2) is 0 Å². The molecule has 5 heteroatoms. The highest BCUT2D eigenvalue weighted by atomic mass is 35.5. The summed E-state index contributed by atoms with van der Waals surface area (Å²) in [5, 5.41) is 2.48. The predicted octanol–water partition coefficient (Wildman–Crippen LogP) is 3.70. The SMILES string of the molecule is Cc1csc(C(=O)N(CCCN)Cc2ccccc2)c1Cl. The Morgan fingerprint density at radius 3 is 2.62 bits per heavy atom. The van der Waals surface area contributed by atoms with Crippen LogP contribution in [0.3, 0.4) is 0 Å². The zero-order chi connectivity index (χ0) is 15.2.